The van der Waals surface area contributed by atoms with Crippen molar-refractivity contribution >= 4 is 17.8 Å². The lowest BCUT2D eigenvalue weighted by atomic mass is 9.87. The van der Waals surface area contributed by atoms with E-state index in [2.05, 4.69) is 10.6 Å². The summed E-state index contributed by atoms with van der Waals surface area (Å²) >= 11 is 0. The lowest BCUT2D eigenvalue weighted by Crippen LogP contribution is -2.62. The van der Waals surface area contributed by atoms with Gasteiger partial charge in [0.1, 0.15) is 11.6 Å². The molecule has 0 radical (unpaired) electrons. The molecule has 3 atom stereocenters. The summed E-state index contributed by atoms with van der Waals surface area (Å²) in [5.41, 5.74) is 5.47. The van der Waals surface area contributed by atoms with Crippen molar-refractivity contribution in [2.24, 2.45) is 17.6 Å². The first kappa shape index (κ1) is 22.6. The zero-order chi connectivity index (χ0) is 20.8. The van der Waals surface area contributed by atoms with Crippen molar-refractivity contribution in [2.75, 3.05) is 0 Å². The number of carbonyl (C=O) groups is 3. The second-order valence-corrected chi connectivity index (χ2v) is 7.68. The minimum Gasteiger partial charge on any atom is -0.480 e. The molecule has 7 nitrogen and oxygen atoms in total. The Labute approximate surface area is 160 Å². The van der Waals surface area contributed by atoms with Crippen molar-refractivity contribution in [3.05, 3.63) is 35.9 Å². The van der Waals surface area contributed by atoms with Gasteiger partial charge in [-0.15, -0.1) is 0 Å². The average Bonchev–Trinajstić information content (AvgIpc) is 2.59. The Bertz CT molecular complexity index is 660. The van der Waals surface area contributed by atoms with Crippen molar-refractivity contribution in [2.45, 2.75) is 58.7 Å². The quantitative estimate of drug-likeness (QED) is 0.517. The summed E-state index contributed by atoms with van der Waals surface area (Å²) in [5, 5.41) is 14.7. The van der Waals surface area contributed by atoms with Crippen molar-refractivity contribution in [3.63, 3.8) is 0 Å². The molecule has 1 aromatic rings. The van der Waals surface area contributed by atoms with Gasteiger partial charge in [-0.1, -0.05) is 58.0 Å². The summed E-state index contributed by atoms with van der Waals surface area (Å²) in [5.74, 6) is -2.68. The number of carboxylic acid groups (broad SMARTS) is 1. The molecule has 1 aromatic carbocycles. The van der Waals surface area contributed by atoms with E-state index in [1.165, 1.54) is 6.92 Å². The Morgan fingerprint density at radius 2 is 1.63 bits per heavy atom. The van der Waals surface area contributed by atoms with Crippen molar-refractivity contribution < 1.29 is 19.5 Å². The average molecular weight is 377 g/mol. The minimum atomic E-state index is -1.43. The lowest BCUT2D eigenvalue weighted by Gasteiger charge is -2.33. The number of amides is 2. The molecule has 0 bridgehead atoms. The Balaban J connectivity index is 2.84. The first-order chi connectivity index (χ1) is 12.5. The zero-order valence-corrected chi connectivity index (χ0v) is 16.7. The van der Waals surface area contributed by atoms with Crippen molar-refractivity contribution in [1.29, 1.82) is 0 Å². The fourth-order valence-corrected chi connectivity index (χ4v) is 2.53. The van der Waals surface area contributed by atoms with Crippen molar-refractivity contribution in [1.82, 2.24) is 10.6 Å². The van der Waals surface area contributed by atoms with Gasteiger partial charge in [-0.05, 0) is 30.7 Å². The summed E-state index contributed by atoms with van der Waals surface area (Å²) in [4.78, 5) is 36.8. The molecule has 0 aliphatic heterocycles. The summed E-state index contributed by atoms with van der Waals surface area (Å²) in [6.45, 7) is 8.44. The predicted octanol–water partition coefficient (Wildman–Crippen LogP) is 1.31. The normalized spacial score (nSPS) is 15.7. The largest absolute Gasteiger partial charge is 0.480 e. The molecule has 0 aliphatic carbocycles. The topological polar surface area (TPSA) is 122 Å². The fraction of sp³-hybridized carbons (Fsp3) is 0.550. The Kier molecular flexibility index (Phi) is 7.97. The Morgan fingerprint density at radius 1 is 1.07 bits per heavy atom. The van der Waals surface area contributed by atoms with Gasteiger partial charge in [0.05, 0.1) is 6.04 Å². The number of benzene rings is 1. The summed E-state index contributed by atoms with van der Waals surface area (Å²) in [6, 6.07) is 7.67. The second-order valence-electron chi connectivity index (χ2n) is 7.68. The highest BCUT2D eigenvalue weighted by atomic mass is 16.4. The highest BCUT2D eigenvalue weighted by molar-refractivity contribution is 5.93. The first-order valence-electron chi connectivity index (χ1n) is 9.14. The van der Waals surface area contributed by atoms with Gasteiger partial charge in [-0.25, -0.2) is 4.79 Å². The first-order valence-corrected chi connectivity index (χ1v) is 9.14. The minimum absolute atomic E-state index is 0.233. The van der Waals surface area contributed by atoms with Crippen LogP contribution < -0.4 is 16.4 Å². The second kappa shape index (κ2) is 9.50. The maximum Gasteiger partial charge on any atom is 0.329 e. The highest BCUT2D eigenvalue weighted by Gasteiger charge is 2.40. The van der Waals surface area contributed by atoms with Crippen LogP contribution in [0.25, 0.3) is 0 Å². The summed E-state index contributed by atoms with van der Waals surface area (Å²) in [6.07, 6.45) is 0.345. The number of aliphatic carboxylic acids is 1. The van der Waals surface area contributed by atoms with Crippen LogP contribution in [0.3, 0.4) is 0 Å². The highest BCUT2D eigenvalue weighted by Crippen LogP contribution is 2.18. The third-order valence-corrected chi connectivity index (χ3v) is 4.86. The standard InChI is InChI=1S/C20H31N3O4/c1-12(2)16(18(25)23-20(5,13(3)4)19(26)27)22-17(24)15(21)11-14-9-7-6-8-10-14/h6-10,12-13,15-16H,11,21H2,1-5H3,(H,22,24)(H,23,25)(H,26,27). The molecule has 2 amide bonds. The third-order valence-electron chi connectivity index (χ3n) is 4.86. The summed E-state index contributed by atoms with van der Waals surface area (Å²) in [7, 11) is 0. The number of carbonyl (C=O) groups excluding carboxylic acids is 2. The molecule has 7 heteroatoms. The molecule has 5 N–H and O–H groups in total. The van der Waals surface area contributed by atoms with Crippen molar-refractivity contribution in [3.8, 4) is 0 Å². The number of rotatable bonds is 9. The summed E-state index contributed by atoms with van der Waals surface area (Å²) < 4.78 is 0. The molecular formula is C20H31N3O4. The van der Waals surface area contributed by atoms with E-state index in [0.29, 0.717) is 6.42 Å². The number of hydrogen-bond donors (Lipinski definition) is 4. The van der Waals surface area contributed by atoms with E-state index in [9.17, 15) is 19.5 Å². The molecule has 0 aliphatic rings. The van der Waals surface area contributed by atoms with E-state index in [-0.39, 0.29) is 11.8 Å². The van der Waals surface area contributed by atoms with Gasteiger partial charge in [0.2, 0.25) is 11.8 Å². The van der Waals surface area contributed by atoms with Crippen LogP contribution in [0.15, 0.2) is 30.3 Å². The van der Waals surface area contributed by atoms with Gasteiger partial charge >= 0.3 is 5.97 Å². The van der Waals surface area contributed by atoms with Crippen LogP contribution in [0.1, 0.15) is 40.2 Å². The predicted molar refractivity (Wildman–Crippen MR) is 104 cm³/mol. The van der Waals surface area contributed by atoms with Crippen LogP contribution in [0.5, 0.6) is 0 Å². The van der Waals surface area contributed by atoms with Gasteiger partial charge in [0.15, 0.2) is 0 Å². The molecular weight excluding hydrogens is 346 g/mol. The zero-order valence-electron chi connectivity index (χ0n) is 16.7. The van der Waals surface area contributed by atoms with Crippen LogP contribution in [0.4, 0.5) is 0 Å². The molecule has 0 saturated heterocycles. The maximum absolute atomic E-state index is 12.7. The van der Waals surface area contributed by atoms with E-state index in [4.69, 9.17) is 5.73 Å². The number of carboxylic acids is 1. The van der Waals surface area contributed by atoms with Gasteiger partial charge in [0, 0.05) is 0 Å². The number of nitrogens with one attached hydrogen (secondary N) is 2. The van der Waals surface area contributed by atoms with Crippen LogP contribution in [-0.4, -0.2) is 40.5 Å². The van der Waals surface area contributed by atoms with E-state index in [1.807, 2.05) is 30.3 Å². The fourth-order valence-electron chi connectivity index (χ4n) is 2.53. The van der Waals surface area contributed by atoms with Gasteiger partial charge in [-0.2, -0.15) is 0 Å². The smallest absolute Gasteiger partial charge is 0.329 e. The Hall–Kier alpha value is -2.41. The van der Waals surface area contributed by atoms with Crippen LogP contribution in [0.2, 0.25) is 0 Å². The lowest BCUT2D eigenvalue weighted by molar-refractivity contribution is -0.149. The van der Waals surface area contributed by atoms with E-state index in [0.717, 1.165) is 5.56 Å². The maximum atomic E-state index is 12.7. The third kappa shape index (κ3) is 6.06. The molecule has 0 spiro atoms. The molecule has 0 heterocycles. The molecule has 150 valence electrons. The van der Waals surface area contributed by atoms with Gasteiger partial charge < -0.3 is 21.5 Å². The monoisotopic (exact) mass is 377 g/mol. The molecule has 0 saturated carbocycles. The van der Waals surface area contributed by atoms with E-state index >= 15 is 0 Å². The van der Waals surface area contributed by atoms with Gasteiger partial charge in [0.25, 0.3) is 0 Å². The molecule has 0 fully saturated rings. The molecule has 3 unspecified atom stereocenters. The van der Waals surface area contributed by atoms with Crippen LogP contribution in [0, 0.1) is 11.8 Å². The van der Waals surface area contributed by atoms with Crippen LogP contribution in [-0.2, 0) is 20.8 Å². The van der Waals surface area contributed by atoms with E-state index in [1.54, 1.807) is 27.7 Å². The SMILES string of the molecule is CC(C)C(NC(=O)C(N)Cc1ccccc1)C(=O)NC(C)(C(=O)O)C(C)C. The number of nitrogens with two attached hydrogens (primary N) is 1. The van der Waals surface area contributed by atoms with E-state index < -0.39 is 35.4 Å². The Morgan fingerprint density at radius 3 is 2.07 bits per heavy atom. The van der Waals surface area contributed by atoms with Gasteiger partial charge in [-0.3, -0.25) is 9.59 Å². The molecule has 27 heavy (non-hydrogen) atoms. The molecule has 1 rings (SSSR count). The van der Waals surface area contributed by atoms with Crippen LogP contribution >= 0.6 is 0 Å². The number of hydrogen-bond acceptors (Lipinski definition) is 4. The molecule has 0 aromatic heterocycles.